The van der Waals surface area contributed by atoms with Crippen LogP contribution in [0.4, 0.5) is 0 Å². The zero-order valence-electron chi connectivity index (χ0n) is 18.4. The maximum atomic E-state index is 13.5. The van der Waals surface area contributed by atoms with Crippen molar-refractivity contribution in [3.8, 4) is 6.07 Å². The number of fused-ring (bicyclic) bond motifs is 1. The molecule has 8 heteroatoms. The molecule has 6 aliphatic rings. The summed E-state index contributed by atoms with van der Waals surface area (Å²) >= 11 is 0. The van der Waals surface area contributed by atoms with E-state index in [2.05, 4.69) is 11.4 Å². The topological polar surface area (TPSA) is 129 Å². The van der Waals surface area contributed by atoms with Crippen LogP contribution in [-0.4, -0.2) is 64.8 Å². The summed E-state index contributed by atoms with van der Waals surface area (Å²) in [6.45, 7) is 1.57. The summed E-state index contributed by atoms with van der Waals surface area (Å²) < 4.78 is 6.12. The van der Waals surface area contributed by atoms with Crippen molar-refractivity contribution in [2.75, 3.05) is 7.05 Å². The molecule has 1 saturated heterocycles. The van der Waals surface area contributed by atoms with Crippen molar-refractivity contribution >= 4 is 11.9 Å². The van der Waals surface area contributed by atoms with Gasteiger partial charge in [-0.3, -0.25) is 9.59 Å². The number of carbonyl (C=O) groups is 2. The van der Waals surface area contributed by atoms with Crippen LogP contribution in [0.3, 0.4) is 0 Å². The molecule has 0 aromatic heterocycles. The van der Waals surface area contributed by atoms with E-state index >= 15 is 0 Å². The van der Waals surface area contributed by atoms with Crippen LogP contribution in [0.2, 0.25) is 0 Å². The number of ether oxygens (including phenoxy) is 1. The third-order valence-electron chi connectivity index (χ3n) is 8.85. The van der Waals surface area contributed by atoms with Gasteiger partial charge in [-0.15, -0.1) is 0 Å². The predicted octanol–water partition coefficient (Wildman–Crippen LogP) is 0.678. The molecular weight excluding hydrogens is 396 g/mol. The minimum absolute atomic E-state index is 0.0861. The van der Waals surface area contributed by atoms with Crippen LogP contribution in [0, 0.1) is 34.5 Å². The summed E-state index contributed by atoms with van der Waals surface area (Å²) in [6.07, 6.45) is 6.00. The van der Waals surface area contributed by atoms with Crippen molar-refractivity contribution in [1.29, 1.82) is 5.26 Å². The first-order valence-corrected chi connectivity index (χ1v) is 11.8. The first kappa shape index (κ1) is 21.2. The van der Waals surface area contributed by atoms with Gasteiger partial charge in [-0.1, -0.05) is 0 Å². The normalized spacial score (nSPS) is 44.9. The number of nitrogens with zero attached hydrogens (tertiary/aromatic N) is 2. The highest BCUT2D eigenvalue weighted by Gasteiger charge is 2.64. The fraction of sp³-hybridized carbons (Fsp3) is 0.870. The number of hydrogen-bond donors (Lipinski definition) is 3. The minimum Gasteiger partial charge on any atom is -0.458 e. The van der Waals surface area contributed by atoms with Gasteiger partial charge in [-0.2, -0.15) is 5.26 Å². The summed E-state index contributed by atoms with van der Waals surface area (Å²) in [5, 5.41) is 22.3. The second-order valence-electron chi connectivity index (χ2n) is 11.1. The number of amides is 1. The number of aliphatic hydroxyl groups excluding tert-OH is 1. The van der Waals surface area contributed by atoms with Crippen LogP contribution in [0.15, 0.2) is 0 Å². The first-order chi connectivity index (χ1) is 14.7. The van der Waals surface area contributed by atoms with Crippen LogP contribution >= 0.6 is 0 Å². The molecule has 7 unspecified atom stereocenters. The second kappa shape index (κ2) is 7.16. The van der Waals surface area contributed by atoms with Gasteiger partial charge in [-0.05, 0) is 88.5 Å². The highest BCUT2D eigenvalue weighted by atomic mass is 16.6. The standard InChI is InChI=1S/C23H34N4O4/c1-12(28)18(26-2)21(30)31-23-8-13-3-14(9-23)7-22(6-13,11-23)19(25)20(29)27-16(10-24)4-15-5-17(15)27/h12-19,26,28H,3-9,11,25H2,1-2H3/t12?,13-,14?,15?,16-,17?,18?,19+,22?,23?/m0/s1. The van der Waals surface area contributed by atoms with Gasteiger partial charge < -0.3 is 25.8 Å². The fourth-order valence-corrected chi connectivity index (χ4v) is 7.88. The molecule has 31 heavy (non-hydrogen) atoms. The Labute approximate surface area is 183 Å². The molecular formula is C23H34N4O4. The Morgan fingerprint density at radius 1 is 1.23 bits per heavy atom. The summed E-state index contributed by atoms with van der Waals surface area (Å²) in [6, 6.07) is 0.693. The van der Waals surface area contributed by atoms with Gasteiger partial charge in [0.25, 0.3) is 0 Å². The molecule has 6 fully saturated rings. The Balaban J connectivity index is 1.38. The lowest BCUT2D eigenvalue weighted by Crippen LogP contribution is -2.66. The molecule has 0 radical (unpaired) electrons. The average Bonchev–Trinajstić information content (AvgIpc) is 3.35. The van der Waals surface area contributed by atoms with E-state index in [-0.39, 0.29) is 23.4 Å². The first-order valence-electron chi connectivity index (χ1n) is 11.8. The molecule has 0 spiro atoms. The maximum Gasteiger partial charge on any atom is 0.326 e. The minimum atomic E-state index is -0.853. The number of nitrogens with two attached hydrogens (primary N) is 1. The Morgan fingerprint density at radius 3 is 2.48 bits per heavy atom. The van der Waals surface area contributed by atoms with Crippen molar-refractivity contribution < 1.29 is 19.4 Å². The van der Waals surface area contributed by atoms with Gasteiger partial charge in [-0.25, -0.2) is 0 Å². The Bertz CT molecular complexity index is 809. The lowest BCUT2D eigenvalue weighted by atomic mass is 9.46. The van der Waals surface area contributed by atoms with Crippen molar-refractivity contribution in [1.82, 2.24) is 10.2 Å². The molecule has 6 rings (SSSR count). The summed E-state index contributed by atoms with van der Waals surface area (Å²) in [5.41, 5.74) is 5.74. The number of rotatable bonds is 6. The monoisotopic (exact) mass is 430 g/mol. The summed E-state index contributed by atoms with van der Waals surface area (Å²) in [4.78, 5) is 28.2. The van der Waals surface area contributed by atoms with Crippen LogP contribution in [-0.2, 0) is 14.3 Å². The number of nitriles is 1. The molecule has 8 nitrogen and oxygen atoms in total. The number of likely N-dealkylation sites (tertiary alicyclic amines) is 1. The van der Waals surface area contributed by atoms with Gasteiger partial charge in [0.15, 0.2) is 0 Å². The van der Waals surface area contributed by atoms with Crippen molar-refractivity contribution in [2.45, 2.75) is 94.2 Å². The Kier molecular flexibility index (Phi) is 4.89. The van der Waals surface area contributed by atoms with Crippen molar-refractivity contribution in [2.24, 2.45) is 28.9 Å². The summed E-state index contributed by atoms with van der Waals surface area (Å²) in [5.74, 6) is 0.734. The van der Waals surface area contributed by atoms with Gasteiger partial charge >= 0.3 is 5.97 Å². The zero-order chi connectivity index (χ0) is 22.1. The molecule has 4 bridgehead atoms. The van der Waals surface area contributed by atoms with Gasteiger partial charge in [0, 0.05) is 6.04 Å². The predicted molar refractivity (Wildman–Crippen MR) is 111 cm³/mol. The van der Waals surface area contributed by atoms with Gasteiger partial charge in [0.1, 0.15) is 17.7 Å². The maximum absolute atomic E-state index is 13.5. The Morgan fingerprint density at radius 2 is 1.90 bits per heavy atom. The third kappa shape index (κ3) is 3.28. The summed E-state index contributed by atoms with van der Waals surface area (Å²) in [7, 11) is 1.64. The lowest BCUT2D eigenvalue weighted by Gasteiger charge is -2.62. The number of piperidine rings is 1. The fourth-order valence-electron chi connectivity index (χ4n) is 7.88. The molecule has 5 saturated carbocycles. The highest BCUT2D eigenvalue weighted by Crippen LogP contribution is 2.64. The second-order valence-corrected chi connectivity index (χ2v) is 11.1. The van der Waals surface area contributed by atoms with Crippen LogP contribution < -0.4 is 11.1 Å². The van der Waals surface area contributed by atoms with E-state index in [4.69, 9.17) is 10.5 Å². The molecule has 4 N–H and O–H groups in total. The van der Waals surface area contributed by atoms with E-state index < -0.39 is 29.8 Å². The SMILES string of the molecule is CNC(C(=O)OC12CC3C[C@H](C1)CC([C@H](N)C(=O)N1C4CC4C[C@H]1C#N)(C3)C2)C(C)O. The molecule has 1 amide bonds. The lowest BCUT2D eigenvalue weighted by molar-refractivity contribution is -0.208. The average molecular weight is 431 g/mol. The Hall–Kier alpha value is -1.69. The van der Waals surface area contributed by atoms with E-state index in [0.29, 0.717) is 24.2 Å². The van der Waals surface area contributed by atoms with Gasteiger partial charge in [0.2, 0.25) is 5.91 Å². The number of hydrogen-bond acceptors (Lipinski definition) is 7. The van der Waals surface area contributed by atoms with E-state index in [9.17, 15) is 20.0 Å². The number of nitrogens with one attached hydrogen (secondary N) is 1. The van der Waals surface area contributed by atoms with E-state index in [1.54, 1.807) is 18.9 Å². The van der Waals surface area contributed by atoms with Crippen molar-refractivity contribution in [3.05, 3.63) is 0 Å². The van der Waals surface area contributed by atoms with E-state index in [1.165, 1.54) is 0 Å². The van der Waals surface area contributed by atoms with E-state index in [0.717, 1.165) is 44.9 Å². The highest BCUT2D eigenvalue weighted by molar-refractivity contribution is 5.84. The van der Waals surface area contributed by atoms with Crippen LogP contribution in [0.25, 0.3) is 0 Å². The third-order valence-corrected chi connectivity index (χ3v) is 8.85. The quantitative estimate of drug-likeness (QED) is 0.529. The van der Waals surface area contributed by atoms with Gasteiger partial charge in [0.05, 0.1) is 18.2 Å². The number of esters is 1. The molecule has 0 aromatic carbocycles. The zero-order valence-corrected chi connectivity index (χ0v) is 18.4. The van der Waals surface area contributed by atoms with E-state index in [1.807, 2.05) is 0 Å². The molecule has 1 heterocycles. The van der Waals surface area contributed by atoms with Crippen LogP contribution in [0.5, 0.6) is 0 Å². The molecule has 170 valence electrons. The number of carbonyl (C=O) groups excluding carboxylic acids is 2. The smallest absolute Gasteiger partial charge is 0.326 e. The molecule has 5 aliphatic carbocycles. The molecule has 0 aromatic rings. The largest absolute Gasteiger partial charge is 0.458 e. The van der Waals surface area contributed by atoms with Crippen molar-refractivity contribution in [3.63, 3.8) is 0 Å². The molecule has 10 atom stereocenters. The molecule has 1 aliphatic heterocycles. The number of aliphatic hydroxyl groups is 1. The van der Waals surface area contributed by atoms with Crippen LogP contribution in [0.1, 0.15) is 58.3 Å². The number of likely N-dealkylation sites (N-methyl/N-ethyl adjacent to an activating group) is 1.